The molecule has 5 nitrogen and oxygen atoms in total. The molecule has 136 valence electrons. The van der Waals surface area contributed by atoms with Crippen LogP contribution in [0.1, 0.15) is 33.3 Å². The number of hydrogen-bond acceptors (Lipinski definition) is 5. The molecule has 1 N–H and O–H groups in total. The van der Waals surface area contributed by atoms with Gasteiger partial charge in [-0.2, -0.15) is 0 Å². The highest BCUT2D eigenvalue weighted by Gasteiger charge is 2.52. The minimum absolute atomic E-state index is 0.0986. The summed E-state index contributed by atoms with van der Waals surface area (Å²) < 4.78 is 17.5. The van der Waals surface area contributed by atoms with Crippen molar-refractivity contribution in [1.82, 2.24) is 0 Å². The molecule has 25 heavy (non-hydrogen) atoms. The Hall–Kier alpha value is -1.34. The molecule has 6 heteroatoms. The van der Waals surface area contributed by atoms with E-state index in [4.69, 9.17) is 14.0 Å². The predicted octanol–water partition coefficient (Wildman–Crippen LogP) is 2.53. The highest BCUT2D eigenvalue weighted by molar-refractivity contribution is 6.55. The number of morpholine rings is 1. The zero-order valence-electron chi connectivity index (χ0n) is 15.6. The first kappa shape index (κ1) is 18.5. The second kappa shape index (κ2) is 7.12. The van der Waals surface area contributed by atoms with Crippen molar-refractivity contribution >= 4 is 18.9 Å². The van der Waals surface area contributed by atoms with E-state index in [1.54, 1.807) is 0 Å². The maximum absolute atomic E-state index is 9.85. The van der Waals surface area contributed by atoms with Crippen LogP contribution in [-0.4, -0.2) is 56.3 Å². The van der Waals surface area contributed by atoms with E-state index in [-0.39, 0.29) is 6.61 Å². The monoisotopic (exact) mass is 345 g/mol. The van der Waals surface area contributed by atoms with Gasteiger partial charge in [0.2, 0.25) is 0 Å². The van der Waals surface area contributed by atoms with E-state index >= 15 is 0 Å². The van der Waals surface area contributed by atoms with Gasteiger partial charge in [0.05, 0.1) is 31.0 Å². The third kappa shape index (κ3) is 3.92. The summed E-state index contributed by atoms with van der Waals surface area (Å²) in [5.74, 6) is 0. The Morgan fingerprint density at radius 3 is 2.40 bits per heavy atom. The van der Waals surface area contributed by atoms with Crippen LogP contribution < -0.4 is 4.90 Å². The summed E-state index contributed by atoms with van der Waals surface area (Å²) in [7, 11) is -0.526. The molecule has 0 bridgehead atoms. The van der Waals surface area contributed by atoms with Gasteiger partial charge in [0.25, 0.3) is 0 Å². The van der Waals surface area contributed by atoms with Gasteiger partial charge in [0, 0.05) is 18.8 Å². The Morgan fingerprint density at radius 1 is 1.16 bits per heavy atom. The summed E-state index contributed by atoms with van der Waals surface area (Å²) >= 11 is 0. The molecule has 2 heterocycles. The van der Waals surface area contributed by atoms with Crippen LogP contribution >= 0.6 is 0 Å². The van der Waals surface area contributed by atoms with Crippen molar-refractivity contribution < 1.29 is 19.2 Å². The number of aliphatic hydroxyl groups is 1. The van der Waals surface area contributed by atoms with Crippen molar-refractivity contribution in [1.29, 1.82) is 0 Å². The molecular weight excluding hydrogens is 317 g/mol. The van der Waals surface area contributed by atoms with E-state index in [0.717, 1.165) is 37.3 Å². The molecule has 0 saturated carbocycles. The molecule has 3 rings (SSSR count). The predicted molar refractivity (Wildman–Crippen MR) is 101 cm³/mol. The van der Waals surface area contributed by atoms with Crippen LogP contribution in [0.3, 0.4) is 0 Å². The quantitative estimate of drug-likeness (QED) is 0.850. The topological polar surface area (TPSA) is 51.2 Å². The van der Waals surface area contributed by atoms with E-state index in [1.807, 2.05) is 45.9 Å². The van der Waals surface area contributed by atoms with E-state index in [0.29, 0.717) is 0 Å². The SMILES string of the molecule is CC1(C)OB(C(=Cc2cccc(N3CCOCC3)c2)CO)OC1(C)C. The summed E-state index contributed by atoms with van der Waals surface area (Å²) in [4.78, 5) is 2.31. The van der Waals surface area contributed by atoms with E-state index in [2.05, 4.69) is 17.0 Å². The second-order valence-corrected chi connectivity index (χ2v) is 7.66. The first-order valence-electron chi connectivity index (χ1n) is 8.92. The summed E-state index contributed by atoms with van der Waals surface area (Å²) in [5, 5.41) is 9.85. The van der Waals surface area contributed by atoms with E-state index < -0.39 is 18.3 Å². The number of hydrogen-bond donors (Lipinski definition) is 1. The lowest BCUT2D eigenvalue weighted by molar-refractivity contribution is 0.00578. The van der Waals surface area contributed by atoms with Gasteiger partial charge in [-0.1, -0.05) is 18.2 Å². The van der Waals surface area contributed by atoms with Crippen molar-refractivity contribution in [3.05, 3.63) is 35.3 Å². The van der Waals surface area contributed by atoms with Crippen LogP contribution in [0.25, 0.3) is 6.08 Å². The van der Waals surface area contributed by atoms with Gasteiger partial charge in [-0.25, -0.2) is 0 Å². The molecule has 0 spiro atoms. The lowest BCUT2D eigenvalue weighted by Crippen LogP contribution is -2.41. The average molecular weight is 345 g/mol. The molecule has 0 radical (unpaired) electrons. The van der Waals surface area contributed by atoms with Crippen molar-refractivity contribution in [2.75, 3.05) is 37.8 Å². The van der Waals surface area contributed by atoms with Crippen molar-refractivity contribution in [3.8, 4) is 0 Å². The Morgan fingerprint density at radius 2 is 1.80 bits per heavy atom. The van der Waals surface area contributed by atoms with Crippen LogP contribution in [0, 0.1) is 0 Å². The minimum Gasteiger partial charge on any atom is -0.400 e. The number of rotatable bonds is 4. The molecule has 1 aromatic carbocycles. The molecule has 1 aromatic rings. The van der Waals surface area contributed by atoms with Gasteiger partial charge in [-0.3, -0.25) is 0 Å². The van der Waals surface area contributed by atoms with Gasteiger partial charge in [-0.05, 0) is 50.9 Å². The number of anilines is 1. The van der Waals surface area contributed by atoms with Gasteiger partial charge in [0.1, 0.15) is 0 Å². The number of nitrogens with zero attached hydrogens (tertiary/aromatic N) is 1. The fraction of sp³-hybridized carbons (Fsp3) is 0.579. The van der Waals surface area contributed by atoms with Crippen LogP contribution in [-0.2, 0) is 14.0 Å². The van der Waals surface area contributed by atoms with Gasteiger partial charge in [-0.15, -0.1) is 0 Å². The van der Waals surface area contributed by atoms with Crippen LogP contribution in [0.2, 0.25) is 0 Å². The fourth-order valence-corrected chi connectivity index (χ4v) is 3.03. The zero-order valence-corrected chi connectivity index (χ0v) is 15.6. The van der Waals surface area contributed by atoms with Gasteiger partial charge >= 0.3 is 7.12 Å². The Labute approximate surface area is 150 Å². The van der Waals surface area contributed by atoms with Crippen molar-refractivity contribution in [3.63, 3.8) is 0 Å². The normalized spacial score (nSPS) is 23.2. The molecular formula is C19H28BNO4. The summed E-state index contributed by atoms with van der Waals surface area (Å²) in [5.41, 5.74) is 2.10. The maximum Gasteiger partial charge on any atom is 0.492 e. The number of ether oxygens (including phenoxy) is 1. The molecule has 2 aliphatic rings. The molecule has 0 unspecified atom stereocenters. The zero-order chi connectivity index (χ0) is 18.1. The molecule has 0 aliphatic carbocycles. The third-order valence-corrected chi connectivity index (χ3v) is 5.34. The van der Waals surface area contributed by atoms with Crippen molar-refractivity contribution in [2.24, 2.45) is 0 Å². The molecule has 2 saturated heterocycles. The summed E-state index contributed by atoms with van der Waals surface area (Å²) in [6.45, 7) is 11.3. The smallest absolute Gasteiger partial charge is 0.400 e. The lowest BCUT2D eigenvalue weighted by Gasteiger charge is -2.32. The largest absolute Gasteiger partial charge is 0.492 e. The van der Waals surface area contributed by atoms with E-state index in [1.165, 1.54) is 5.69 Å². The van der Waals surface area contributed by atoms with Crippen LogP contribution in [0.15, 0.2) is 29.7 Å². The first-order valence-corrected chi connectivity index (χ1v) is 8.92. The summed E-state index contributed by atoms with van der Waals surface area (Å²) in [6, 6.07) is 8.31. The van der Waals surface area contributed by atoms with Crippen LogP contribution in [0.5, 0.6) is 0 Å². The van der Waals surface area contributed by atoms with E-state index in [9.17, 15) is 5.11 Å². The first-order chi connectivity index (χ1) is 11.8. The van der Waals surface area contributed by atoms with Crippen molar-refractivity contribution in [2.45, 2.75) is 38.9 Å². The lowest BCUT2D eigenvalue weighted by atomic mass is 9.77. The fourth-order valence-electron chi connectivity index (χ4n) is 3.03. The molecule has 0 aromatic heterocycles. The molecule has 2 aliphatic heterocycles. The summed E-state index contributed by atoms with van der Waals surface area (Å²) in [6.07, 6.45) is 1.96. The highest BCUT2D eigenvalue weighted by atomic mass is 16.7. The van der Waals surface area contributed by atoms with Crippen LogP contribution in [0.4, 0.5) is 5.69 Å². The molecule has 2 fully saturated rings. The number of aliphatic hydroxyl groups excluding tert-OH is 1. The molecule has 0 amide bonds. The maximum atomic E-state index is 9.85. The second-order valence-electron chi connectivity index (χ2n) is 7.66. The Kier molecular flexibility index (Phi) is 5.25. The minimum atomic E-state index is -0.526. The Balaban J connectivity index is 1.81. The van der Waals surface area contributed by atoms with Gasteiger partial charge < -0.3 is 24.1 Å². The third-order valence-electron chi connectivity index (χ3n) is 5.34. The number of benzene rings is 1. The molecule has 0 atom stereocenters. The highest BCUT2D eigenvalue weighted by Crippen LogP contribution is 2.38. The Bertz CT molecular complexity index is 622. The average Bonchev–Trinajstić information content (AvgIpc) is 2.81. The van der Waals surface area contributed by atoms with Gasteiger partial charge in [0.15, 0.2) is 0 Å². The standard InChI is InChI=1S/C19H28BNO4/c1-18(2)19(3,4)25-20(24-18)16(14-22)12-15-6-5-7-17(13-15)21-8-10-23-11-9-21/h5-7,12-13,22H,8-11,14H2,1-4H3.